The van der Waals surface area contributed by atoms with E-state index in [0.717, 1.165) is 5.56 Å². The number of hydrogen-bond acceptors (Lipinski definition) is 7. The van der Waals surface area contributed by atoms with Gasteiger partial charge >= 0.3 is 0 Å². The van der Waals surface area contributed by atoms with Crippen molar-refractivity contribution in [1.29, 1.82) is 0 Å². The molecule has 134 valence electrons. The number of amides is 1. The van der Waals surface area contributed by atoms with Gasteiger partial charge in [0.2, 0.25) is 11.8 Å². The van der Waals surface area contributed by atoms with E-state index >= 15 is 0 Å². The first-order chi connectivity index (χ1) is 11.9. The standard InChI is InChI=1S/C16H19N3O4S2/c1-11(15(20)19(2)13-8-9-25(21,22)10-13)24-16-18-17-14(23-16)12-6-4-3-5-7-12/h3-7,11,13H,8-10H2,1-2H3/t11-,13+/m1/s1. The average Bonchev–Trinajstić information content (AvgIpc) is 3.20. The molecule has 3 rings (SSSR count). The van der Waals surface area contributed by atoms with Crippen LogP contribution in [0.1, 0.15) is 13.3 Å². The van der Waals surface area contributed by atoms with E-state index < -0.39 is 15.1 Å². The third-order valence-electron chi connectivity index (χ3n) is 4.16. The van der Waals surface area contributed by atoms with Gasteiger partial charge in [-0.15, -0.1) is 10.2 Å². The lowest BCUT2D eigenvalue weighted by Gasteiger charge is -2.25. The van der Waals surface area contributed by atoms with Crippen molar-refractivity contribution in [3.63, 3.8) is 0 Å². The lowest BCUT2D eigenvalue weighted by molar-refractivity contribution is -0.130. The molecule has 1 aliphatic heterocycles. The van der Waals surface area contributed by atoms with Crippen LogP contribution in [0.15, 0.2) is 40.0 Å². The van der Waals surface area contributed by atoms with Crippen LogP contribution in [0.3, 0.4) is 0 Å². The first-order valence-electron chi connectivity index (χ1n) is 7.88. The van der Waals surface area contributed by atoms with E-state index in [9.17, 15) is 13.2 Å². The molecular weight excluding hydrogens is 362 g/mol. The fourth-order valence-electron chi connectivity index (χ4n) is 2.70. The Hall–Kier alpha value is -1.87. The van der Waals surface area contributed by atoms with Crippen LogP contribution in [0.4, 0.5) is 0 Å². The predicted octanol–water partition coefficient (Wildman–Crippen LogP) is 1.86. The normalized spacial score (nSPS) is 20.3. The smallest absolute Gasteiger partial charge is 0.277 e. The fraction of sp³-hybridized carbons (Fsp3) is 0.438. The summed E-state index contributed by atoms with van der Waals surface area (Å²) in [4.78, 5) is 14.1. The Morgan fingerprint density at radius 2 is 2.04 bits per heavy atom. The molecule has 1 aromatic heterocycles. The van der Waals surface area contributed by atoms with Crippen molar-refractivity contribution in [3.8, 4) is 11.5 Å². The molecule has 0 radical (unpaired) electrons. The number of nitrogens with zero attached hydrogens (tertiary/aromatic N) is 3. The minimum absolute atomic E-state index is 0.0331. The lowest BCUT2D eigenvalue weighted by Crippen LogP contribution is -2.41. The number of carbonyl (C=O) groups excluding carboxylic acids is 1. The first-order valence-corrected chi connectivity index (χ1v) is 10.6. The first kappa shape index (κ1) is 17.9. The second-order valence-corrected chi connectivity index (χ2v) is 9.53. The lowest BCUT2D eigenvalue weighted by atomic mass is 10.2. The zero-order chi connectivity index (χ0) is 18.0. The van der Waals surface area contributed by atoms with Crippen molar-refractivity contribution in [2.75, 3.05) is 18.6 Å². The van der Waals surface area contributed by atoms with E-state index in [2.05, 4.69) is 10.2 Å². The Morgan fingerprint density at radius 1 is 1.32 bits per heavy atom. The van der Waals surface area contributed by atoms with Gasteiger partial charge in [-0.1, -0.05) is 30.0 Å². The minimum atomic E-state index is -3.03. The second-order valence-electron chi connectivity index (χ2n) is 6.01. The van der Waals surface area contributed by atoms with Gasteiger partial charge in [0.05, 0.1) is 16.8 Å². The van der Waals surface area contributed by atoms with Gasteiger partial charge in [0.15, 0.2) is 9.84 Å². The number of hydrogen-bond donors (Lipinski definition) is 0. The number of sulfone groups is 1. The zero-order valence-electron chi connectivity index (χ0n) is 14.0. The highest BCUT2D eigenvalue weighted by atomic mass is 32.2. The number of benzene rings is 1. The SMILES string of the molecule is C[C@@H](Sc1nnc(-c2ccccc2)o1)C(=O)N(C)[C@H]1CCS(=O)(=O)C1. The largest absolute Gasteiger partial charge is 0.411 e. The van der Waals surface area contributed by atoms with Gasteiger partial charge in [0.25, 0.3) is 5.22 Å². The monoisotopic (exact) mass is 381 g/mol. The van der Waals surface area contributed by atoms with Crippen LogP contribution in [0.5, 0.6) is 0 Å². The Bertz CT molecular complexity index is 851. The molecule has 1 aliphatic rings. The second kappa shape index (κ2) is 7.17. The van der Waals surface area contributed by atoms with Crippen LogP contribution in [-0.4, -0.2) is 59.3 Å². The number of rotatable bonds is 5. The topological polar surface area (TPSA) is 93.4 Å². The molecule has 0 bridgehead atoms. The van der Waals surface area contributed by atoms with Crippen molar-refractivity contribution in [2.24, 2.45) is 0 Å². The molecule has 7 nitrogen and oxygen atoms in total. The molecule has 2 heterocycles. The summed E-state index contributed by atoms with van der Waals surface area (Å²) in [6.45, 7) is 1.75. The summed E-state index contributed by atoms with van der Waals surface area (Å²) in [7, 11) is -1.38. The summed E-state index contributed by atoms with van der Waals surface area (Å²) in [5.41, 5.74) is 0.814. The Labute approximate surface area is 150 Å². The molecule has 0 unspecified atom stereocenters. The quantitative estimate of drug-likeness (QED) is 0.730. The molecule has 0 spiro atoms. The molecule has 1 amide bonds. The molecule has 25 heavy (non-hydrogen) atoms. The summed E-state index contributed by atoms with van der Waals surface area (Å²) < 4.78 is 28.8. The summed E-state index contributed by atoms with van der Waals surface area (Å²) >= 11 is 1.17. The maximum Gasteiger partial charge on any atom is 0.277 e. The van der Waals surface area contributed by atoms with Gasteiger partial charge in [-0.2, -0.15) is 0 Å². The molecular formula is C16H19N3O4S2. The van der Waals surface area contributed by atoms with E-state index in [1.165, 1.54) is 16.7 Å². The molecule has 0 N–H and O–H groups in total. The zero-order valence-corrected chi connectivity index (χ0v) is 15.6. The summed E-state index contributed by atoms with van der Waals surface area (Å²) in [6.07, 6.45) is 0.487. The van der Waals surface area contributed by atoms with Crippen molar-refractivity contribution >= 4 is 27.5 Å². The third kappa shape index (κ3) is 4.21. The highest BCUT2D eigenvalue weighted by Crippen LogP contribution is 2.28. The Kier molecular flexibility index (Phi) is 5.14. The van der Waals surface area contributed by atoms with Crippen LogP contribution in [0.2, 0.25) is 0 Å². The summed E-state index contributed by atoms with van der Waals surface area (Å²) in [6, 6.07) is 9.13. The Morgan fingerprint density at radius 3 is 2.68 bits per heavy atom. The van der Waals surface area contributed by atoms with Crippen LogP contribution in [0.25, 0.3) is 11.5 Å². The summed E-state index contributed by atoms with van der Waals surface area (Å²) in [5, 5.41) is 7.84. The van der Waals surface area contributed by atoms with Gasteiger partial charge in [0, 0.05) is 18.7 Å². The average molecular weight is 381 g/mol. The van der Waals surface area contributed by atoms with Gasteiger partial charge in [-0.05, 0) is 25.5 Å². The molecule has 9 heteroatoms. The highest BCUT2D eigenvalue weighted by molar-refractivity contribution is 8.00. The molecule has 1 saturated heterocycles. The van der Waals surface area contributed by atoms with E-state index in [4.69, 9.17) is 4.42 Å². The fourth-order valence-corrected chi connectivity index (χ4v) is 5.26. The van der Waals surface area contributed by atoms with Crippen molar-refractivity contribution in [1.82, 2.24) is 15.1 Å². The minimum Gasteiger partial charge on any atom is -0.411 e. The maximum absolute atomic E-state index is 12.5. The van der Waals surface area contributed by atoms with E-state index in [1.54, 1.807) is 14.0 Å². The molecule has 0 aliphatic carbocycles. The molecule has 1 fully saturated rings. The molecule has 2 atom stereocenters. The summed E-state index contributed by atoms with van der Waals surface area (Å²) in [5.74, 6) is 0.427. The van der Waals surface area contributed by atoms with Crippen LogP contribution < -0.4 is 0 Å². The van der Waals surface area contributed by atoms with Gasteiger partial charge in [-0.3, -0.25) is 4.79 Å². The van der Waals surface area contributed by atoms with E-state index in [-0.39, 0.29) is 23.5 Å². The van der Waals surface area contributed by atoms with Crippen LogP contribution in [0, 0.1) is 0 Å². The molecule has 2 aromatic rings. The third-order valence-corrected chi connectivity index (χ3v) is 6.83. The van der Waals surface area contributed by atoms with Crippen LogP contribution >= 0.6 is 11.8 Å². The predicted molar refractivity (Wildman–Crippen MR) is 94.9 cm³/mol. The van der Waals surface area contributed by atoms with Crippen molar-refractivity contribution in [2.45, 2.75) is 29.9 Å². The van der Waals surface area contributed by atoms with Crippen molar-refractivity contribution < 1.29 is 17.6 Å². The van der Waals surface area contributed by atoms with Gasteiger partial charge in [0.1, 0.15) is 0 Å². The highest BCUT2D eigenvalue weighted by Gasteiger charge is 2.34. The molecule has 0 saturated carbocycles. The van der Waals surface area contributed by atoms with Gasteiger partial charge in [-0.25, -0.2) is 8.42 Å². The van der Waals surface area contributed by atoms with Crippen molar-refractivity contribution in [3.05, 3.63) is 30.3 Å². The Balaban J connectivity index is 1.63. The molecule has 1 aromatic carbocycles. The maximum atomic E-state index is 12.5. The van der Waals surface area contributed by atoms with Crippen LogP contribution in [-0.2, 0) is 14.6 Å². The number of thioether (sulfide) groups is 1. The van der Waals surface area contributed by atoms with E-state index in [0.29, 0.717) is 17.5 Å². The number of aromatic nitrogens is 2. The van der Waals surface area contributed by atoms with Gasteiger partial charge < -0.3 is 9.32 Å². The van der Waals surface area contributed by atoms with E-state index in [1.807, 2.05) is 30.3 Å². The number of carbonyl (C=O) groups is 1.